The fraction of sp³-hybridized carbons (Fsp3) is 0.562. The van der Waals surface area contributed by atoms with Gasteiger partial charge in [-0.2, -0.15) is 0 Å². The van der Waals surface area contributed by atoms with E-state index in [1.165, 1.54) is 24.9 Å². The van der Waals surface area contributed by atoms with Crippen molar-refractivity contribution in [1.82, 2.24) is 10.2 Å². The van der Waals surface area contributed by atoms with Gasteiger partial charge < -0.3 is 10.2 Å². The molecule has 0 saturated carbocycles. The molecule has 108 valence electrons. The molecule has 2 aliphatic rings. The number of carbonyl (C=O) groups is 1. The van der Waals surface area contributed by atoms with Crippen LogP contribution >= 0.6 is 0 Å². The zero-order valence-electron chi connectivity index (χ0n) is 12.1. The van der Waals surface area contributed by atoms with Crippen molar-refractivity contribution >= 4 is 11.7 Å². The molecule has 1 N–H and O–H groups in total. The van der Waals surface area contributed by atoms with Crippen LogP contribution in [0, 0.1) is 5.92 Å². The molecule has 2 fully saturated rings. The highest BCUT2D eigenvalue weighted by Gasteiger charge is 2.26. The first-order chi connectivity index (χ1) is 9.74. The SMILES string of the molecule is CN1CCN(c2ccc(CC3CCCNC3)cc2)C1=O. The van der Waals surface area contributed by atoms with Crippen molar-refractivity contribution < 1.29 is 4.79 Å². The molecule has 0 aliphatic carbocycles. The van der Waals surface area contributed by atoms with E-state index in [0.717, 1.165) is 37.7 Å². The standard InChI is InChI=1S/C16H23N3O/c1-18-9-10-19(16(18)20)15-6-4-13(5-7-15)11-14-3-2-8-17-12-14/h4-7,14,17H,2-3,8-12H2,1H3. The van der Waals surface area contributed by atoms with Crippen molar-refractivity contribution in [2.24, 2.45) is 5.92 Å². The highest BCUT2D eigenvalue weighted by atomic mass is 16.2. The number of hydrogen-bond acceptors (Lipinski definition) is 2. The van der Waals surface area contributed by atoms with Gasteiger partial charge in [-0.05, 0) is 56.0 Å². The first-order valence-electron chi connectivity index (χ1n) is 7.56. The Morgan fingerprint density at radius 3 is 2.65 bits per heavy atom. The first kappa shape index (κ1) is 13.4. The van der Waals surface area contributed by atoms with Gasteiger partial charge in [-0.15, -0.1) is 0 Å². The topological polar surface area (TPSA) is 35.6 Å². The van der Waals surface area contributed by atoms with Crippen LogP contribution in [0.15, 0.2) is 24.3 Å². The van der Waals surface area contributed by atoms with Gasteiger partial charge in [0.05, 0.1) is 0 Å². The van der Waals surface area contributed by atoms with Crippen LogP contribution in [0.5, 0.6) is 0 Å². The van der Waals surface area contributed by atoms with Crippen molar-refractivity contribution in [3.63, 3.8) is 0 Å². The van der Waals surface area contributed by atoms with Crippen LogP contribution in [0.2, 0.25) is 0 Å². The third kappa shape index (κ3) is 2.80. The predicted molar refractivity (Wildman–Crippen MR) is 81.1 cm³/mol. The number of nitrogens with one attached hydrogen (secondary N) is 1. The molecule has 1 aromatic rings. The fourth-order valence-electron chi connectivity index (χ4n) is 3.13. The summed E-state index contributed by atoms with van der Waals surface area (Å²) in [5.74, 6) is 0.758. The lowest BCUT2D eigenvalue weighted by atomic mass is 9.92. The average Bonchev–Trinajstić information content (AvgIpc) is 2.81. The minimum Gasteiger partial charge on any atom is -0.326 e. The summed E-state index contributed by atoms with van der Waals surface area (Å²) in [6, 6.07) is 8.63. The molecule has 2 amide bonds. The molecule has 0 radical (unpaired) electrons. The lowest BCUT2D eigenvalue weighted by Gasteiger charge is -2.23. The molecule has 1 aromatic carbocycles. The summed E-state index contributed by atoms with van der Waals surface area (Å²) in [6.45, 7) is 3.91. The number of amides is 2. The summed E-state index contributed by atoms with van der Waals surface area (Å²) in [6.07, 6.45) is 3.75. The minimum atomic E-state index is 0.106. The lowest BCUT2D eigenvalue weighted by molar-refractivity contribution is 0.229. The molecular weight excluding hydrogens is 250 g/mol. The second-order valence-electron chi connectivity index (χ2n) is 5.94. The van der Waals surface area contributed by atoms with E-state index in [1.807, 2.05) is 11.9 Å². The van der Waals surface area contributed by atoms with Crippen LogP contribution in [0.1, 0.15) is 18.4 Å². The fourth-order valence-corrected chi connectivity index (χ4v) is 3.13. The summed E-state index contributed by atoms with van der Waals surface area (Å²) in [5.41, 5.74) is 2.40. The van der Waals surface area contributed by atoms with Crippen LogP contribution < -0.4 is 10.2 Å². The van der Waals surface area contributed by atoms with Gasteiger partial charge in [-0.3, -0.25) is 4.90 Å². The Kier molecular flexibility index (Phi) is 3.92. The monoisotopic (exact) mass is 273 g/mol. The summed E-state index contributed by atoms with van der Waals surface area (Å²) < 4.78 is 0. The molecule has 1 atom stereocenters. The maximum absolute atomic E-state index is 12.0. The van der Waals surface area contributed by atoms with E-state index in [1.54, 1.807) is 4.90 Å². The van der Waals surface area contributed by atoms with Gasteiger partial charge in [0.25, 0.3) is 0 Å². The molecule has 2 saturated heterocycles. The van der Waals surface area contributed by atoms with E-state index in [4.69, 9.17) is 0 Å². The van der Waals surface area contributed by atoms with Crippen LogP contribution in [0.25, 0.3) is 0 Å². The molecule has 0 aromatic heterocycles. The summed E-state index contributed by atoms with van der Waals surface area (Å²) in [4.78, 5) is 15.6. The van der Waals surface area contributed by atoms with Crippen LogP contribution in [-0.4, -0.2) is 44.2 Å². The zero-order valence-corrected chi connectivity index (χ0v) is 12.1. The second kappa shape index (κ2) is 5.83. The van der Waals surface area contributed by atoms with Crippen molar-refractivity contribution in [2.45, 2.75) is 19.3 Å². The van der Waals surface area contributed by atoms with Gasteiger partial charge in [0.15, 0.2) is 0 Å². The van der Waals surface area contributed by atoms with E-state index in [9.17, 15) is 4.79 Å². The number of likely N-dealkylation sites (N-methyl/N-ethyl adjacent to an activating group) is 1. The summed E-state index contributed by atoms with van der Waals surface area (Å²) in [5, 5.41) is 3.46. The van der Waals surface area contributed by atoms with Gasteiger partial charge >= 0.3 is 6.03 Å². The maximum atomic E-state index is 12.0. The molecule has 0 bridgehead atoms. The predicted octanol–water partition coefficient (Wildman–Crippen LogP) is 2.10. The maximum Gasteiger partial charge on any atom is 0.324 e. The van der Waals surface area contributed by atoms with Crippen LogP contribution in [-0.2, 0) is 6.42 Å². The molecule has 4 heteroatoms. The molecule has 3 rings (SSSR count). The first-order valence-corrected chi connectivity index (χ1v) is 7.56. The van der Waals surface area contributed by atoms with Crippen molar-refractivity contribution in [2.75, 3.05) is 38.1 Å². The minimum absolute atomic E-state index is 0.106. The number of piperidine rings is 1. The number of urea groups is 1. The third-order valence-corrected chi connectivity index (χ3v) is 4.39. The molecule has 4 nitrogen and oxygen atoms in total. The molecule has 0 spiro atoms. The Hall–Kier alpha value is -1.55. The number of benzene rings is 1. The van der Waals surface area contributed by atoms with E-state index in [2.05, 4.69) is 29.6 Å². The van der Waals surface area contributed by atoms with Crippen LogP contribution in [0.3, 0.4) is 0 Å². The summed E-state index contributed by atoms with van der Waals surface area (Å²) in [7, 11) is 1.85. The van der Waals surface area contributed by atoms with Crippen LogP contribution in [0.4, 0.5) is 10.5 Å². The van der Waals surface area contributed by atoms with Gasteiger partial charge in [0.1, 0.15) is 0 Å². The number of rotatable bonds is 3. The summed E-state index contributed by atoms with van der Waals surface area (Å²) >= 11 is 0. The molecule has 20 heavy (non-hydrogen) atoms. The molecular formula is C16H23N3O. The van der Waals surface area contributed by atoms with Gasteiger partial charge in [-0.25, -0.2) is 4.79 Å². The highest BCUT2D eigenvalue weighted by molar-refractivity contribution is 5.93. The highest BCUT2D eigenvalue weighted by Crippen LogP contribution is 2.22. The normalized spacial score (nSPS) is 23.4. The average molecular weight is 273 g/mol. The molecule has 2 heterocycles. The third-order valence-electron chi connectivity index (χ3n) is 4.39. The van der Waals surface area contributed by atoms with Gasteiger partial charge in [0, 0.05) is 25.8 Å². The van der Waals surface area contributed by atoms with Crippen molar-refractivity contribution in [3.8, 4) is 0 Å². The Morgan fingerprint density at radius 2 is 2.05 bits per heavy atom. The van der Waals surface area contributed by atoms with Gasteiger partial charge in [-0.1, -0.05) is 12.1 Å². The Morgan fingerprint density at radius 1 is 1.25 bits per heavy atom. The smallest absolute Gasteiger partial charge is 0.324 e. The number of anilines is 1. The van der Waals surface area contributed by atoms with Crippen molar-refractivity contribution in [3.05, 3.63) is 29.8 Å². The van der Waals surface area contributed by atoms with Crippen molar-refractivity contribution in [1.29, 1.82) is 0 Å². The zero-order chi connectivity index (χ0) is 13.9. The Labute approximate surface area is 120 Å². The molecule has 1 unspecified atom stereocenters. The quantitative estimate of drug-likeness (QED) is 0.915. The van der Waals surface area contributed by atoms with E-state index >= 15 is 0 Å². The number of nitrogens with zero attached hydrogens (tertiary/aromatic N) is 2. The van der Waals surface area contributed by atoms with Gasteiger partial charge in [0.2, 0.25) is 0 Å². The molecule has 2 aliphatic heterocycles. The van der Waals surface area contributed by atoms with E-state index < -0.39 is 0 Å². The van der Waals surface area contributed by atoms with E-state index in [-0.39, 0.29) is 6.03 Å². The van der Waals surface area contributed by atoms with E-state index in [0.29, 0.717) is 0 Å². The number of carbonyl (C=O) groups excluding carboxylic acids is 1. The number of hydrogen-bond donors (Lipinski definition) is 1. The lowest BCUT2D eigenvalue weighted by Crippen LogP contribution is -2.31. The largest absolute Gasteiger partial charge is 0.326 e. The Bertz CT molecular complexity index is 465. The Balaban J connectivity index is 1.64. The second-order valence-corrected chi connectivity index (χ2v) is 5.94.